The summed E-state index contributed by atoms with van der Waals surface area (Å²) in [6.07, 6.45) is 4.33. The van der Waals surface area contributed by atoms with Crippen molar-refractivity contribution in [1.29, 1.82) is 0 Å². The molecule has 0 aliphatic heterocycles. The Hall–Kier alpha value is -1.97. The molecule has 2 N–H and O–H groups in total. The molecule has 28 heavy (non-hydrogen) atoms. The summed E-state index contributed by atoms with van der Waals surface area (Å²) >= 11 is 1.65. The minimum Gasteiger partial charge on any atom is -0.495 e. The van der Waals surface area contributed by atoms with Gasteiger partial charge in [-0.05, 0) is 57.2 Å². The molecule has 1 fully saturated rings. The zero-order valence-corrected chi connectivity index (χ0v) is 17.7. The smallest absolute Gasteiger partial charge is 0.251 e. The molecular formula is C19H25N3O4S2. The summed E-state index contributed by atoms with van der Waals surface area (Å²) in [5.74, 6) is -0.0703. The number of unbranched alkanes of at least 4 members (excludes halogenated alkanes) is 1. The van der Waals surface area contributed by atoms with E-state index in [1.807, 2.05) is 12.3 Å². The number of aryl methyl sites for hydroxylation is 2. The van der Waals surface area contributed by atoms with E-state index < -0.39 is 10.0 Å². The summed E-state index contributed by atoms with van der Waals surface area (Å²) in [6.45, 7) is 2.50. The summed E-state index contributed by atoms with van der Waals surface area (Å²) in [7, 11) is -2.30. The van der Waals surface area contributed by atoms with Gasteiger partial charge >= 0.3 is 0 Å². The maximum Gasteiger partial charge on any atom is 0.251 e. The predicted molar refractivity (Wildman–Crippen MR) is 108 cm³/mol. The van der Waals surface area contributed by atoms with Gasteiger partial charge in [-0.1, -0.05) is 0 Å². The molecule has 1 amide bonds. The Bertz CT molecular complexity index is 936. The number of methoxy groups -OCH3 is 1. The molecule has 1 aliphatic rings. The first kappa shape index (κ1) is 20.8. The fourth-order valence-electron chi connectivity index (χ4n) is 2.73. The number of carbonyl (C=O) groups is 1. The van der Waals surface area contributed by atoms with Crippen LogP contribution in [0.25, 0.3) is 0 Å². The molecule has 1 saturated carbocycles. The van der Waals surface area contributed by atoms with Crippen molar-refractivity contribution >= 4 is 27.3 Å². The average molecular weight is 424 g/mol. The first-order valence-corrected chi connectivity index (χ1v) is 11.6. The molecule has 1 aliphatic carbocycles. The molecule has 0 spiro atoms. The number of nitrogens with one attached hydrogen (secondary N) is 2. The van der Waals surface area contributed by atoms with Crippen LogP contribution in [-0.2, 0) is 16.4 Å². The van der Waals surface area contributed by atoms with Crippen molar-refractivity contribution in [3.05, 3.63) is 39.8 Å². The average Bonchev–Trinajstić information content (AvgIpc) is 3.38. The molecule has 0 bridgehead atoms. The summed E-state index contributed by atoms with van der Waals surface area (Å²) in [4.78, 5) is 16.8. The fraction of sp³-hybridized carbons (Fsp3) is 0.474. The van der Waals surface area contributed by atoms with Crippen LogP contribution in [0.5, 0.6) is 5.75 Å². The predicted octanol–water partition coefficient (Wildman–Crippen LogP) is 2.65. The van der Waals surface area contributed by atoms with E-state index in [9.17, 15) is 13.2 Å². The highest BCUT2D eigenvalue weighted by molar-refractivity contribution is 7.89. The number of carbonyl (C=O) groups excluding carboxylic acids is 1. The van der Waals surface area contributed by atoms with Gasteiger partial charge in [-0.2, -0.15) is 0 Å². The number of hydrogen-bond donors (Lipinski definition) is 2. The van der Waals surface area contributed by atoms with Crippen molar-refractivity contribution in [2.24, 2.45) is 0 Å². The SMILES string of the molecule is COc1ccc(C(=O)NCCCCc2nc(C)cs2)cc1S(=O)(=O)NC1CC1. The van der Waals surface area contributed by atoms with Crippen molar-refractivity contribution in [2.45, 2.75) is 50.0 Å². The second kappa shape index (κ2) is 9.02. The van der Waals surface area contributed by atoms with Crippen LogP contribution in [-0.4, -0.2) is 39.0 Å². The maximum absolute atomic E-state index is 12.5. The number of amides is 1. The molecule has 0 saturated heterocycles. The van der Waals surface area contributed by atoms with Crippen LogP contribution in [0.1, 0.15) is 46.7 Å². The monoisotopic (exact) mass is 423 g/mol. The molecule has 2 aromatic rings. The quantitative estimate of drug-likeness (QED) is 0.573. The summed E-state index contributed by atoms with van der Waals surface area (Å²) in [5.41, 5.74) is 1.34. The van der Waals surface area contributed by atoms with Gasteiger partial charge in [0.1, 0.15) is 10.6 Å². The lowest BCUT2D eigenvalue weighted by molar-refractivity contribution is 0.0952. The van der Waals surface area contributed by atoms with Crippen LogP contribution >= 0.6 is 11.3 Å². The largest absolute Gasteiger partial charge is 0.495 e. The van der Waals surface area contributed by atoms with Crippen LogP contribution < -0.4 is 14.8 Å². The number of benzene rings is 1. The normalized spacial score (nSPS) is 14.1. The lowest BCUT2D eigenvalue weighted by atomic mass is 10.2. The van der Waals surface area contributed by atoms with E-state index in [1.54, 1.807) is 17.4 Å². The molecule has 0 unspecified atom stereocenters. The van der Waals surface area contributed by atoms with E-state index in [1.165, 1.54) is 19.2 Å². The Morgan fingerprint density at radius 3 is 2.75 bits per heavy atom. The first-order chi connectivity index (χ1) is 13.4. The van der Waals surface area contributed by atoms with Gasteiger partial charge in [-0.3, -0.25) is 4.79 Å². The number of sulfonamides is 1. The Kier molecular flexibility index (Phi) is 6.69. The number of ether oxygens (including phenoxy) is 1. The highest BCUT2D eigenvalue weighted by Gasteiger charge is 2.30. The van der Waals surface area contributed by atoms with E-state index in [2.05, 4.69) is 15.0 Å². The molecule has 1 aromatic carbocycles. The second-order valence-corrected chi connectivity index (χ2v) is 9.48. The Morgan fingerprint density at radius 2 is 2.11 bits per heavy atom. The molecule has 1 heterocycles. The van der Waals surface area contributed by atoms with Crippen molar-refractivity contribution in [3.8, 4) is 5.75 Å². The van der Waals surface area contributed by atoms with Gasteiger partial charge in [0.05, 0.1) is 12.1 Å². The van der Waals surface area contributed by atoms with Crippen LogP contribution in [0.2, 0.25) is 0 Å². The highest BCUT2D eigenvalue weighted by Crippen LogP contribution is 2.28. The minimum atomic E-state index is -3.71. The van der Waals surface area contributed by atoms with Gasteiger partial charge in [0.25, 0.3) is 5.91 Å². The van der Waals surface area contributed by atoms with Crippen LogP contribution in [0.15, 0.2) is 28.5 Å². The zero-order valence-electron chi connectivity index (χ0n) is 16.0. The standard InChI is InChI=1S/C19H25N3O4S2/c1-13-12-27-18(21-13)5-3-4-10-20-19(23)14-6-9-16(26-2)17(11-14)28(24,25)22-15-7-8-15/h6,9,11-12,15,22H,3-5,7-8,10H2,1-2H3,(H,20,23). The lowest BCUT2D eigenvalue weighted by Crippen LogP contribution is -2.28. The van der Waals surface area contributed by atoms with Gasteiger partial charge in [0, 0.05) is 29.2 Å². The topological polar surface area (TPSA) is 97.4 Å². The number of thiazole rings is 1. The van der Waals surface area contributed by atoms with Crippen LogP contribution in [0, 0.1) is 6.92 Å². The Morgan fingerprint density at radius 1 is 1.32 bits per heavy atom. The summed E-state index contributed by atoms with van der Waals surface area (Å²) in [5, 5.41) is 5.99. The molecular weight excluding hydrogens is 398 g/mol. The molecule has 0 atom stereocenters. The molecule has 9 heteroatoms. The number of aromatic nitrogens is 1. The number of hydrogen-bond acceptors (Lipinski definition) is 6. The van der Waals surface area contributed by atoms with Crippen LogP contribution in [0.3, 0.4) is 0 Å². The van der Waals surface area contributed by atoms with Crippen LogP contribution in [0.4, 0.5) is 0 Å². The second-order valence-electron chi connectivity index (χ2n) is 6.86. The van der Waals surface area contributed by atoms with E-state index in [0.29, 0.717) is 12.1 Å². The molecule has 7 nitrogen and oxygen atoms in total. The minimum absolute atomic E-state index is 0.00584. The van der Waals surface area contributed by atoms with Gasteiger partial charge in [0.2, 0.25) is 10.0 Å². The molecule has 3 rings (SSSR count). The van der Waals surface area contributed by atoms with Gasteiger partial charge in [-0.25, -0.2) is 18.1 Å². The van der Waals surface area contributed by atoms with E-state index in [0.717, 1.165) is 42.8 Å². The van der Waals surface area contributed by atoms with Gasteiger partial charge in [-0.15, -0.1) is 11.3 Å². The molecule has 1 aromatic heterocycles. The van der Waals surface area contributed by atoms with Gasteiger partial charge in [0.15, 0.2) is 0 Å². The third-order valence-electron chi connectivity index (χ3n) is 4.38. The molecule has 0 radical (unpaired) electrons. The van der Waals surface area contributed by atoms with E-state index in [4.69, 9.17) is 4.74 Å². The van der Waals surface area contributed by atoms with Crippen molar-refractivity contribution in [1.82, 2.24) is 15.0 Å². The Labute approximate surface area is 169 Å². The molecule has 152 valence electrons. The fourth-order valence-corrected chi connectivity index (χ4v) is 5.05. The number of rotatable bonds is 10. The van der Waals surface area contributed by atoms with Crippen molar-refractivity contribution in [2.75, 3.05) is 13.7 Å². The summed E-state index contributed by atoms with van der Waals surface area (Å²) in [6, 6.07) is 4.44. The van der Waals surface area contributed by atoms with E-state index >= 15 is 0 Å². The van der Waals surface area contributed by atoms with Gasteiger partial charge < -0.3 is 10.1 Å². The summed E-state index contributed by atoms with van der Waals surface area (Å²) < 4.78 is 32.9. The van der Waals surface area contributed by atoms with Crippen molar-refractivity contribution < 1.29 is 17.9 Å². The van der Waals surface area contributed by atoms with Crippen molar-refractivity contribution in [3.63, 3.8) is 0 Å². The zero-order chi connectivity index (χ0) is 20.1. The Balaban J connectivity index is 1.56. The lowest BCUT2D eigenvalue weighted by Gasteiger charge is -2.12. The first-order valence-electron chi connectivity index (χ1n) is 9.28. The maximum atomic E-state index is 12.5. The number of nitrogens with zero attached hydrogens (tertiary/aromatic N) is 1. The third-order valence-corrected chi connectivity index (χ3v) is 6.95. The highest BCUT2D eigenvalue weighted by atomic mass is 32.2. The van der Waals surface area contributed by atoms with E-state index in [-0.39, 0.29) is 22.6 Å². The third kappa shape index (κ3) is 5.52.